The van der Waals surface area contributed by atoms with E-state index in [1.165, 1.54) is 0 Å². The van der Waals surface area contributed by atoms with E-state index in [1.54, 1.807) is 0 Å². The summed E-state index contributed by atoms with van der Waals surface area (Å²) in [6, 6.07) is 0. The van der Waals surface area contributed by atoms with Crippen LogP contribution in [0.4, 0.5) is 26.3 Å². The molecule has 0 aliphatic rings. The molecule has 0 amide bonds. The van der Waals surface area contributed by atoms with Crippen molar-refractivity contribution in [2.24, 2.45) is 0 Å². The van der Waals surface area contributed by atoms with Gasteiger partial charge in [-0.05, 0) is 0 Å². The van der Waals surface area contributed by atoms with Crippen molar-refractivity contribution < 1.29 is 45.3 Å². The second-order valence-electron chi connectivity index (χ2n) is 3.42. The van der Waals surface area contributed by atoms with Crippen molar-refractivity contribution in [2.45, 2.75) is 12.5 Å². The van der Waals surface area contributed by atoms with Gasteiger partial charge in [0.05, 0.1) is 19.8 Å². The Morgan fingerprint density at radius 3 is 2.10 bits per heavy atom. The van der Waals surface area contributed by atoms with Gasteiger partial charge >= 0.3 is 18.5 Å². The van der Waals surface area contributed by atoms with E-state index in [-0.39, 0.29) is 6.20 Å². The molecule has 0 spiro atoms. The summed E-state index contributed by atoms with van der Waals surface area (Å²) in [6.07, 6.45) is -10.4. The fourth-order valence-electron chi connectivity index (χ4n) is 1.35. The first-order valence-corrected chi connectivity index (χ1v) is 4.99. The van der Waals surface area contributed by atoms with Crippen molar-refractivity contribution in [3.63, 3.8) is 0 Å². The zero-order valence-corrected chi connectivity index (χ0v) is 10.4. The van der Waals surface area contributed by atoms with Crippen LogP contribution in [0.25, 0.3) is 0 Å². The number of methoxy groups -OCH3 is 2. The number of nitrogens with zero attached hydrogens (tertiary/aromatic N) is 1. The quantitative estimate of drug-likeness (QED) is 0.633. The zero-order valence-electron chi connectivity index (χ0n) is 10.4. The highest BCUT2D eigenvalue weighted by Gasteiger charge is 2.43. The summed E-state index contributed by atoms with van der Waals surface area (Å²) in [5, 5.41) is 0. The molecule has 1 rings (SSSR count). The Hall–Kier alpha value is -2.20. The van der Waals surface area contributed by atoms with Gasteiger partial charge in [0.1, 0.15) is 5.56 Å². The Morgan fingerprint density at radius 1 is 1.14 bits per heavy atom. The molecule has 0 aliphatic heterocycles. The standard InChI is InChI=1S/C10H7F6NO4/c1-19-7-6(21-10(14,15)16)5(8(18)20-2)4(3-17-7)9(11,12)13/h3H,1-2H3. The van der Waals surface area contributed by atoms with E-state index in [0.29, 0.717) is 7.11 Å². The van der Waals surface area contributed by atoms with Gasteiger partial charge in [-0.15, -0.1) is 13.2 Å². The fraction of sp³-hybridized carbons (Fsp3) is 0.400. The lowest BCUT2D eigenvalue weighted by Crippen LogP contribution is -2.23. The molecule has 11 heteroatoms. The molecular weight excluding hydrogens is 312 g/mol. The number of esters is 1. The Morgan fingerprint density at radius 2 is 1.71 bits per heavy atom. The van der Waals surface area contributed by atoms with E-state index in [4.69, 9.17) is 0 Å². The van der Waals surface area contributed by atoms with Crippen LogP contribution in [0.15, 0.2) is 6.20 Å². The van der Waals surface area contributed by atoms with E-state index in [1.807, 2.05) is 0 Å². The molecule has 5 nitrogen and oxygen atoms in total. The number of ether oxygens (including phenoxy) is 3. The van der Waals surface area contributed by atoms with Gasteiger partial charge in [-0.2, -0.15) is 13.2 Å². The number of hydrogen-bond donors (Lipinski definition) is 0. The third-order valence-electron chi connectivity index (χ3n) is 2.11. The van der Waals surface area contributed by atoms with Crippen LogP contribution in [0, 0.1) is 0 Å². The largest absolute Gasteiger partial charge is 0.573 e. The summed E-state index contributed by atoms with van der Waals surface area (Å²) in [5.74, 6) is -4.14. The van der Waals surface area contributed by atoms with Gasteiger partial charge in [-0.1, -0.05) is 0 Å². The Labute approximate surface area is 113 Å². The van der Waals surface area contributed by atoms with E-state index in [0.717, 1.165) is 7.11 Å². The van der Waals surface area contributed by atoms with Gasteiger partial charge in [-0.25, -0.2) is 9.78 Å². The number of carbonyl (C=O) groups is 1. The van der Waals surface area contributed by atoms with Crippen molar-refractivity contribution >= 4 is 5.97 Å². The number of halogens is 6. The molecule has 21 heavy (non-hydrogen) atoms. The number of alkyl halides is 6. The molecule has 0 unspecified atom stereocenters. The van der Waals surface area contributed by atoms with Gasteiger partial charge in [0.15, 0.2) is 0 Å². The molecule has 0 bridgehead atoms. The molecule has 0 atom stereocenters. The van der Waals surface area contributed by atoms with Crippen LogP contribution in [0.2, 0.25) is 0 Å². The molecule has 1 heterocycles. The molecule has 118 valence electrons. The molecule has 0 aliphatic carbocycles. The summed E-state index contributed by atoms with van der Waals surface area (Å²) in [7, 11) is 1.55. The summed E-state index contributed by atoms with van der Waals surface area (Å²) in [5.41, 5.74) is -3.22. The second kappa shape index (κ2) is 5.66. The minimum atomic E-state index is -5.36. The summed E-state index contributed by atoms with van der Waals surface area (Å²) in [6.45, 7) is 0. The monoisotopic (exact) mass is 319 g/mol. The highest BCUT2D eigenvalue weighted by atomic mass is 19.4. The first-order chi connectivity index (χ1) is 9.51. The predicted molar refractivity (Wildman–Crippen MR) is 53.8 cm³/mol. The molecule has 0 fully saturated rings. The topological polar surface area (TPSA) is 57.7 Å². The summed E-state index contributed by atoms with van der Waals surface area (Å²) in [4.78, 5) is 14.5. The normalized spacial score (nSPS) is 12.0. The van der Waals surface area contributed by atoms with Crippen LogP contribution in [0.3, 0.4) is 0 Å². The van der Waals surface area contributed by atoms with E-state index < -0.39 is 41.3 Å². The van der Waals surface area contributed by atoms with Crippen molar-refractivity contribution in [3.05, 3.63) is 17.3 Å². The fourth-order valence-corrected chi connectivity index (χ4v) is 1.35. The SMILES string of the molecule is COC(=O)c1c(C(F)(F)F)cnc(OC)c1OC(F)(F)F. The van der Waals surface area contributed by atoms with Gasteiger partial charge in [0.25, 0.3) is 5.88 Å². The van der Waals surface area contributed by atoms with Gasteiger partial charge in [-0.3, -0.25) is 0 Å². The number of aromatic nitrogens is 1. The highest BCUT2D eigenvalue weighted by molar-refractivity contribution is 5.95. The molecule has 0 saturated heterocycles. The minimum Gasteiger partial charge on any atom is -0.478 e. The maximum atomic E-state index is 12.8. The first kappa shape index (κ1) is 16.9. The van der Waals surface area contributed by atoms with Gasteiger partial charge in [0.2, 0.25) is 5.75 Å². The maximum absolute atomic E-state index is 12.8. The smallest absolute Gasteiger partial charge is 0.478 e. The van der Waals surface area contributed by atoms with E-state index >= 15 is 0 Å². The number of rotatable bonds is 3. The lowest BCUT2D eigenvalue weighted by atomic mass is 10.1. The molecular formula is C10H7F6NO4. The van der Waals surface area contributed by atoms with Gasteiger partial charge < -0.3 is 14.2 Å². The van der Waals surface area contributed by atoms with Crippen molar-refractivity contribution in [1.82, 2.24) is 4.98 Å². The summed E-state index contributed by atoms with van der Waals surface area (Å²) >= 11 is 0. The molecule has 1 aromatic rings. The Balaban J connectivity index is 3.66. The van der Waals surface area contributed by atoms with Crippen LogP contribution >= 0.6 is 0 Å². The van der Waals surface area contributed by atoms with E-state index in [2.05, 4.69) is 19.2 Å². The van der Waals surface area contributed by atoms with Crippen LogP contribution < -0.4 is 9.47 Å². The first-order valence-electron chi connectivity index (χ1n) is 4.99. The van der Waals surface area contributed by atoms with E-state index in [9.17, 15) is 31.1 Å². The third-order valence-corrected chi connectivity index (χ3v) is 2.11. The number of pyridine rings is 1. The average molecular weight is 319 g/mol. The molecule has 0 radical (unpaired) electrons. The predicted octanol–water partition coefficient (Wildman–Crippen LogP) is 2.79. The van der Waals surface area contributed by atoms with Crippen LogP contribution in [0.5, 0.6) is 11.6 Å². The average Bonchev–Trinajstić information content (AvgIpc) is 2.34. The van der Waals surface area contributed by atoms with Crippen molar-refractivity contribution in [2.75, 3.05) is 14.2 Å². The number of carbonyl (C=O) groups excluding carboxylic acids is 1. The molecule has 1 aromatic heterocycles. The minimum absolute atomic E-state index is 0.147. The van der Waals surface area contributed by atoms with Crippen LogP contribution in [-0.2, 0) is 10.9 Å². The Bertz CT molecular complexity index is 540. The Kier molecular flexibility index (Phi) is 4.54. The highest BCUT2D eigenvalue weighted by Crippen LogP contribution is 2.41. The lowest BCUT2D eigenvalue weighted by Gasteiger charge is -2.18. The summed E-state index contributed by atoms with van der Waals surface area (Å²) < 4.78 is 87.1. The molecule has 0 aromatic carbocycles. The molecule has 0 saturated carbocycles. The third kappa shape index (κ3) is 3.89. The van der Waals surface area contributed by atoms with Crippen LogP contribution in [0.1, 0.15) is 15.9 Å². The number of hydrogen-bond acceptors (Lipinski definition) is 5. The maximum Gasteiger partial charge on any atom is 0.573 e. The van der Waals surface area contributed by atoms with Crippen LogP contribution in [-0.4, -0.2) is 31.5 Å². The van der Waals surface area contributed by atoms with Crippen molar-refractivity contribution in [3.8, 4) is 11.6 Å². The molecule has 0 N–H and O–H groups in total. The lowest BCUT2D eigenvalue weighted by molar-refractivity contribution is -0.275. The second-order valence-corrected chi connectivity index (χ2v) is 3.42. The van der Waals surface area contributed by atoms with Gasteiger partial charge in [0, 0.05) is 6.20 Å². The van der Waals surface area contributed by atoms with Crippen molar-refractivity contribution in [1.29, 1.82) is 0 Å². The zero-order chi connectivity index (χ0) is 16.4.